The topological polar surface area (TPSA) is 62.4 Å². The van der Waals surface area contributed by atoms with Gasteiger partial charge in [-0.25, -0.2) is 4.98 Å². The number of aliphatic hydroxyl groups excluding tert-OH is 1. The molecule has 0 saturated heterocycles. The van der Waals surface area contributed by atoms with Crippen molar-refractivity contribution in [3.8, 4) is 0 Å². The van der Waals surface area contributed by atoms with Crippen LogP contribution in [0.25, 0.3) is 0 Å². The van der Waals surface area contributed by atoms with Crippen molar-refractivity contribution < 1.29 is 5.11 Å². The maximum absolute atomic E-state index is 8.81. The molecule has 0 amide bonds. The van der Waals surface area contributed by atoms with Crippen LogP contribution in [-0.4, -0.2) is 35.2 Å². The molecule has 0 aromatic carbocycles. The highest BCUT2D eigenvalue weighted by Crippen LogP contribution is 2.21. The van der Waals surface area contributed by atoms with Crippen molar-refractivity contribution in [3.05, 3.63) is 23.9 Å². The lowest BCUT2D eigenvalue weighted by molar-refractivity contribution is 0.189. The van der Waals surface area contributed by atoms with Gasteiger partial charge in [0.25, 0.3) is 0 Å². The van der Waals surface area contributed by atoms with Gasteiger partial charge in [-0.3, -0.25) is 4.90 Å². The number of aliphatic hydroxyl groups is 1. The standard InChI is InChI=1S/C10H17N3O.C2H6/c1-8(13(2)6-7-14)9-4-3-5-12-10(9)11;1-2/h3-5,8,14H,6-7H2,1-2H3,(H2,11,12);1-2H3. The second-order valence-corrected chi connectivity index (χ2v) is 3.36. The number of pyridine rings is 1. The zero-order valence-corrected chi connectivity index (χ0v) is 10.6. The van der Waals surface area contributed by atoms with E-state index in [0.717, 1.165) is 5.56 Å². The minimum Gasteiger partial charge on any atom is -0.395 e. The number of nitrogen functional groups attached to an aromatic ring is 1. The highest BCUT2D eigenvalue weighted by atomic mass is 16.3. The van der Waals surface area contributed by atoms with E-state index in [2.05, 4.69) is 4.98 Å². The van der Waals surface area contributed by atoms with Crippen molar-refractivity contribution in [2.24, 2.45) is 0 Å². The maximum Gasteiger partial charge on any atom is 0.128 e. The molecule has 1 atom stereocenters. The van der Waals surface area contributed by atoms with Crippen LogP contribution >= 0.6 is 0 Å². The van der Waals surface area contributed by atoms with Crippen LogP contribution in [0.2, 0.25) is 0 Å². The van der Waals surface area contributed by atoms with E-state index in [0.29, 0.717) is 12.4 Å². The summed E-state index contributed by atoms with van der Waals surface area (Å²) in [5.74, 6) is 0.560. The van der Waals surface area contributed by atoms with Crippen LogP contribution in [0.5, 0.6) is 0 Å². The van der Waals surface area contributed by atoms with E-state index in [1.807, 2.05) is 44.9 Å². The normalized spacial score (nSPS) is 11.9. The van der Waals surface area contributed by atoms with Gasteiger partial charge >= 0.3 is 0 Å². The molecule has 3 N–H and O–H groups in total. The van der Waals surface area contributed by atoms with Crippen molar-refractivity contribution in [1.82, 2.24) is 9.88 Å². The van der Waals surface area contributed by atoms with Gasteiger partial charge in [0.1, 0.15) is 5.82 Å². The van der Waals surface area contributed by atoms with Gasteiger partial charge in [0.05, 0.1) is 6.61 Å². The van der Waals surface area contributed by atoms with Gasteiger partial charge in [0.2, 0.25) is 0 Å². The average Bonchev–Trinajstić information content (AvgIpc) is 2.32. The molecule has 0 aliphatic rings. The molecule has 0 aliphatic heterocycles. The van der Waals surface area contributed by atoms with Crippen molar-refractivity contribution in [2.75, 3.05) is 25.9 Å². The third-order valence-electron chi connectivity index (χ3n) is 2.44. The summed E-state index contributed by atoms with van der Waals surface area (Å²) in [5.41, 5.74) is 6.76. The van der Waals surface area contributed by atoms with Crippen LogP contribution in [0.15, 0.2) is 18.3 Å². The summed E-state index contributed by atoms with van der Waals surface area (Å²) >= 11 is 0. The quantitative estimate of drug-likeness (QED) is 0.818. The van der Waals surface area contributed by atoms with E-state index in [4.69, 9.17) is 10.8 Å². The second kappa shape index (κ2) is 8.07. The van der Waals surface area contributed by atoms with E-state index in [-0.39, 0.29) is 12.6 Å². The SMILES string of the molecule is CC.CC(c1cccnc1N)N(C)CCO. The first-order valence-corrected chi connectivity index (χ1v) is 5.68. The van der Waals surface area contributed by atoms with Crippen molar-refractivity contribution in [3.63, 3.8) is 0 Å². The Bertz CT molecular complexity index is 291. The minimum absolute atomic E-state index is 0.154. The number of nitrogens with zero attached hydrogens (tertiary/aromatic N) is 2. The zero-order chi connectivity index (χ0) is 12.6. The lowest BCUT2D eigenvalue weighted by Gasteiger charge is -2.24. The van der Waals surface area contributed by atoms with Crippen LogP contribution in [-0.2, 0) is 0 Å². The number of rotatable bonds is 4. The summed E-state index contributed by atoms with van der Waals surface area (Å²) in [6.07, 6.45) is 1.68. The number of nitrogens with two attached hydrogens (primary N) is 1. The fraction of sp³-hybridized carbons (Fsp3) is 0.583. The predicted molar refractivity (Wildman–Crippen MR) is 68.1 cm³/mol. The lowest BCUT2D eigenvalue weighted by Crippen LogP contribution is -2.26. The molecule has 0 aliphatic carbocycles. The number of anilines is 1. The second-order valence-electron chi connectivity index (χ2n) is 3.36. The number of hydrogen-bond acceptors (Lipinski definition) is 4. The summed E-state index contributed by atoms with van der Waals surface area (Å²) in [4.78, 5) is 6.07. The Morgan fingerprint density at radius 1 is 1.50 bits per heavy atom. The van der Waals surface area contributed by atoms with E-state index in [9.17, 15) is 0 Å². The van der Waals surface area contributed by atoms with E-state index in [1.165, 1.54) is 0 Å². The Balaban J connectivity index is 0.00000106. The van der Waals surface area contributed by atoms with E-state index >= 15 is 0 Å². The van der Waals surface area contributed by atoms with Gasteiger partial charge in [-0.15, -0.1) is 0 Å². The fourth-order valence-electron chi connectivity index (χ4n) is 1.37. The molecule has 4 nitrogen and oxygen atoms in total. The van der Waals surface area contributed by atoms with Gasteiger partial charge in [-0.1, -0.05) is 19.9 Å². The Hall–Kier alpha value is -1.13. The molecule has 1 rings (SSSR count). The minimum atomic E-state index is 0.154. The molecular weight excluding hydrogens is 202 g/mol. The summed E-state index contributed by atoms with van der Waals surface area (Å²) in [6.45, 7) is 6.83. The van der Waals surface area contributed by atoms with Gasteiger partial charge in [0, 0.05) is 24.3 Å². The zero-order valence-electron chi connectivity index (χ0n) is 10.6. The molecule has 16 heavy (non-hydrogen) atoms. The Kier molecular flexibility index (Phi) is 7.50. The average molecular weight is 225 g/mol. The Labute approximate surface area is 98.1 Å². The predicted octanol–water partition coefficient (Wildman–Crippen LogP) is 1.68. The largest absolute Gasteiger partial charge is 0.395 e. The van der Waals surface area contributed by atoms with Crippen molar-refractivity contribution in [1.29, 1.82) is 0 Å². The van der Waals surface area contributed by atoms with E-state index < -0.39 is 0 Å². The molecule has 0 saturated carbocycles. The summed E-state index contributed by atoms with van der Waals surface area (Å²) in [7, 11) is 1.95. The first kappa shape index (κ1) is 14.9. The fourth-order valence-corrected chi connectivity index (χ4v) is 1.37. The number of hydrogen-bond donors (Lipinski definition) is 2. The van der Waals surface area contributed by atoms with Gasteiger partial charge in [-0.2, -0.15) is 0 Å². The molecule has 1 aromatic rings. The third-order valence-corrected chi connectivity index (χ3v) is 2.44. The number of aromatic nitrogens is 1. The summed E-state index contributed by atoms with van der Waals surface area (Å²) in [5, 5.41) is 8.81. The third kappa shape index (κ3) is 4.16. The van der Waals surface area contributed by atoms with Crippen LogP contribution in [0.1, 0.15) is 32.4 Å². The molecule has 92 valence electrons. The Morgan fingerprint density at radius 3 is 2.62 bits per heavy atom. The Morgan fingerprint density at radius 2 is 2.12 bits per heavy atom. The van der Waals surface area contributed by atoms with Crippen LogP contribution in [0.3, 0.4) is 0 Å². The summed E-state index contributed by atoms with van der Waals surface area (Å²) in [6, 6.07) is 4.01. The van der Waals surface area contributed by atoms with Crippen LogP contribution in [0.4, 0.5) is 5.82 Å². The smallest absolute Gasteiger partial charge is 0.128 e. The number of likely N-dealkylation sites (N-methyl/N-ethyl adjacent to an activating group) is 1. The molecular formula is C12H23N3O. The molecule has 0 bridgehead atoms. The van der Waals surface area contributed by atoms with Gasteiger partial charge in [-0.05, 0) is 20.0 Å². The lowest BCUT2D eigenvalue weighted by atomic mass is 10.1. The summed E-state index contributed by atoms with van der Waals surface area (Å²) < 4.78 is 0. The molecule has 0 radical (unpaired) electrons. The molecule has 1 heterocycles. The first-order chi connectivity index (χ1) is 7.66. The molecule has 0 fully saturated rings. The first-order valence-electron chi connectivity index (χ1n) is 5.68. The highest BCUT2D eigenvalue weighted by Gasteiger charge is 2.13. The van der Waals surface area contributed by atoms with Crippen molar-refractivity contribution in [2.45, 2.75) is 26.8 Å². The molecule has 1 unspecified atom stereocenters. The molecule has 0 spiro atoms. The van der Waals surface area contributed by atoms with Crippen molar-refractivity contribution >= 4 is 5.82 Å². The molecule has 4 heteroatoms. The highest BCUT2D eigenvalue weighted by molar-refractivity contribution is 5.40. The molecule has 1 aromatic heterocycles. The van der Waals surface area contributed by atoms with Crippen LogP contribution in [0, 0.1) is 0 Å². The monoisotopic (exact) mass is 225 g/mol. The van der Waals surface area contributed by atoms with Crippen LogP contribution < -0.4 is 5.73 Å². The van der Waals surface area contributed by atoms with Gasteiger partial charge < -0.3 is 10.8 Å². The maximum atomic E-state index is 8.81. The van der Waals surface area contributed by atoms with E-state index in [1.54, 1.807) is 6.20 Å². The van der Waals surface area contributed by atoms with Gasteiger partial charge in [0.15, 0.2) is 0 Å².